The van der Waals surface area contributed by atoms with Crippen molar-refractivity contribution in [3.05, 3.63) is 22.7 Å². The van der Waals surface area contributed by atoms with Crippen LogP contribution in [0.1, 0.15) is 55.1 Å². The van der Waals surface area contributed by atoms with Crippen LogP contribution in [-0.2, 0) is 9.47 Å². The second-order valence-electron chi connectivity index (χ2n) is 6.30. The molecule has 2 aromatic heterocycles. The van der Waals surface area contributed by atoms with Gasteiger partial charge in [-0.15, -0.1) is 5.10 Å². The van der Waals surface area contributed by atoms with Crippen LogP contribution in [0.15, 0.2) is 6.20 Å². The molecule has 0 bridgehead atoms. The first-order valence-corrected chi connectivity index (χ1v) is 8.40. The van der Waals surface area contributed by atoms with Gasteiger partial charge in [0.15, 0.2) is 5.82 Å². The minimum atomic E-state index is -0.599. The highest BCUT2D eigenvalue weighted by molar-refractivity contribution is 7.15. The summed E-state index contributed by atoms with van der Waals surface area (Å²) in [5.74, 6) is 0.527. The zero-order valence-electron chi connectivity index (χ0n) is 15.0. The molecule has 0 saturated heterocycles. The van der Waals surface area contributed by atoms with Crippen LogP contribution in [0.4, 0.5) is 4.79 Å². The quantitative estimate of drug-likeness (QED) is 0.827. The molecule has 0 aliphatic rings. The lowest BCUT2D eigenvalue weighted by Gasteiger charge is -2.21. The number of amides is 1. The molecule has 1 atom stereocenters. The molecule has 2 aromatic rings. The van der Waals surface area contributed by atoms with Gasteiger partial charge in [0, 0.05) is 0 Å². The van der Waals surface area contributed by atoms with Gasteiger partial charge in [0.1, 0.15) is 16.3 Å². The number of hydrogen-bond acceptors (Lipinski definition) is 8. The first-order chi connectivity index (χ1) is 11.6. The highest BCUT2D eigenvalue weighted by Crippen LogP contribution is 2.22. The highest BCUT2D eigenvalue weighted by atomic mass is 32.1. The molecule has 1 amide bonds. The van der Waals surface area contributed by atoms with Gasteiger partial charge in [0.05, 0.1) is 19.3 Å². The van der Waals surface area contributed by atoms with Gasteiger partial charge in [0.2, 0.25) is 5.13 Å². The van der Waals surface area contributed by atoms with Crippen LogP contribution in [0.2, 0.25) is 0 Å². The van der Waals surface area contributed by atoms with E-state index >= 15 is 0 Å². The monoisotopic (exact) mass is 367 g/mol. The van der Waals surface area contributed by atoms with E-state index in [1.54, 1.807) is 34.6 Å². The third-order valence-corrected chi connectivity index (χ3v) is 3.87. The van der Waals surface area contributed by atoms with Crippen molar-refractivity contribution in [3.8, 4) is 5.13 Å². The van der Waals surface area contributed by atoms with Crippen molar-refractivity contribution in [2.45, 2.75) is 46.3 Å². The zero-order valence-corrected chi connectivity index (χ0v) is 15.8. The van der Waals surface area contributed by atoms with E-state index in [0.29, 0.717) is 21.7 Å². The third kappa shape index (κ3) is 4.75. The van der Waals surface area contributed by atoms with Crippen molar-refractivity contribution < 1.29 is 19.1 Å². The van der Waals surface area contributed by atoms with E-state index in [1.165, 1.54) is 18.0 Å². The number of ether oxygens (including phenoxy) is 2. The number of carbonyl (C=O) groups is 2. The highest BCUT2D eigenvalue weighted by Gasteiger charge is 2.23. The molecule has 0 aliphatic carbocycles. The Kier molecular flexibility index (Phi) is 5.41. The normalized spacial score (nSPS) is 12.6. The fourth-order valence-electron chi connectivity index (χ4n) is 1.96. The number of aryl methyl sites for hydroxylation is 1. The van der Waals surface area contributed by atoms with Gasteiger partial charge < -0.3 is 14.8 Å². The predicted molar refractivity (Wildman–Crippen MR) is 90.9 cm³/mol. The Bertz CT molecular complexity index is 777. The maximum atomic E-state index is 12.0. The Morgan fingerprint density at radius 3 is 2.64 bits per heavy atom. The van der Waals surface area contributed by atoms with Crippen molar-refractivity contribution in [2.75, 3.05) is 7.11 Å². The van der Waals surface area contributed by atoms with Crippen molar-refractivity contribution in [1.82, 2.24) is 25.1 Å². The van der Waals surface area contributed by atoms with Crippen LogP contribution in [0.5, 0.6) is 0 Å². The van der Waals surface area contributed by atoms with E-state index in [9.17, 15) is 9.59 Å². The molecule has 0 unspecified atom stereocenters. The van der Waals surface area contributed by atoms with Gasteiger partial charge in [-0.2, -0.15) is 4.68 Å². The SMILES string of the molecule is COC(=O)c1cnc(-n2nc(C)nc2[C@H](C)NC(=O)OC(C)(C)C)s1. The molecule has 0 aliphatic heterocycles. The summed E-state index contributed by atoms with van der Waals surface area (Å²) in [6, 6.07) is -0.471. The van der Waals surface area contributed by atoms with E-state index in [2.05, 4.69) is 25.1 Å². The number of nitrogens with zero attached hydrogens (tertiary/aromatic N) is 4. The summed E-state index contributed by atoms with van der Waals surface area (Å²) in [5, 5.41) is 7.46. The molecule has 0 radical (unpaired) electrons. The minimum absolute atomic E-state index is 0.351. The van der Waals surface area contributed by atoms with Crippen LogP contribution in [0, 0.1) is 6.92 Å². The number of alkyl carbamates (subject to hydrolysis) is 1. The van der Waals surface area contributed by atoms with Gasteiger partial charge in [0.25, 0.3) is 0 Å². The summed E-state index contributed by atoms with van der Waals surface area (Å²) in [7, 11) is 1.31. The number of nitrogens with one attached hydrogen (secondary N) is 1. The topological polar surface area (TPSA) is 108 Å². The van der Waals surface area contributed by atoms with Crippen LogP contribution in [0.25, 0.3) is 5.13 Å². The van der Waals surface area contributed by atoms with Gasteiger partial charge in [-0.05, 0) is 34.6 Å². The van der Waals surface area contributed by atoms with Crippen LogP contribution in [-0.4, -0.2) is 44.5 Å². The number of esters is 1. The summed E-state index contributed by atoms with van der Waals surface area (Å²) < 4.78 is 11.4. The first-order valence-electron chi connectivity index (χ1n) is 7.58. The standard InChI is InChI=1S/C15H21N5O4S/c1-8(17-14(22)24-15(3,4)5)11-18-9(2)19-20(11)13-16-7-10(25-13)12(21)23-6/h7-8H,1-6H3,(H,17,22)/t8-/m0/s1. The number of methoxy groups -OCH3 is 1. The molecule has 25 heavy (non-hydrogen) atoms. The molecule has 136 valence electrons. The Morgan fingerprint density at radius 2 is 2.04 bits per heavy atom. The molecule has 2 rings (SSSR count). The maximum Gasteiger partial charge on any atom is 0.408 e. The molecule has 0 spiro atoms. The molecule has 0 aromatic carbocycles. The maximum absolute atomic E-state index is 12.0. The van der Waals surface area contributed by atoms with E-state index < -0.39 is 23.7 Å². The average molecular weight is 367 g/mol. The molecular formula is C15H21N5O4S. The van der Waals surface area contributed by atoms with Crippen LogP contribution < -0.4 is 5.32 Å². The molecule has 9 nitrogen and oxygen atoms in total. The van der Waals surface area contributed by atoms with Gasteiger partial charge in [-0.3, -0.25) is 0 Å². The molecule has 2 heterocycles. The Balaban J connectivity index is 2.24. The summed E-state index contributed by atoms with van der Waals surface area (Å²) in [6.07, 6.45) is 0.861. The number of thiazole rings is 1. The Hall–Kier alpha value is -2.49. The second kappa shape index (κ2) is 7.18. The average Bonchev–Trinajstić information content (AvgIpc) is 3.10. The van der Waals surface area contributed by atoms with E-state index in [1.807, 2.05) is 0 Å². The van der Waals surface area contributed by atoms with Crippen LogP contribution in [0.3, 0.4) is 0 Å². The predicted octanol–water partition coefficient (Wildman–Crippen LogP) is 2.40. The van der Waals surface area contributed by atoms with Crippen LogP contribution >= 0.6 is 11.3 Å². The molecule has 10 heteroatoms. The molecule has 0 saturated carbocycles. The van der Waals surface area contributed by atoms with Crippen molar-refractivity contribution in [1.29, 1.82) is 0 Å². The lowest BCUT2D eigenvalue weighted by Crippen LogP contribution is -2.34. The molecule has 0 fully saturated rings. The number of carbonyl (C=O) groups excluding carboxylic acids is 2. The largest absolute Gasteiger partial charge is 0.465 e. The number of rotatable bonds is 4. The number of aromatic nitrogens is 4. The summed E-state index contributed by atoms with van der Waals surface area (Å²) in [6.45, 7) is 8.85. The van der Waals surface area contributed by atoms with Gasteiger partial charge in [-0.1, -0.05) is 11.3 Å². The summed E-state index contributed by atoms with van der Waals surface area (Å²) in [5.41, 5.74) is -0.599. The van der Waals surface area contributed by atoms with Gasteiger partial charge in [-0.25, -0.2) is 19.6 Å². The zero-order chi connectivity index (χ0) is 18.8. The lowest BCUT2D eigenvalue weighted by atomic mass is 10.2. The van der Waals surface area contributed by atoms with Crippen molar-refractivity contribution in [2.24, 2.45) is 0 Å². The van der Waals surface area contributed by atoms with E-state index in [-0.39, 0.29) is 0 Å². The minimum Gasteiger partial charge on any atom is -0.465 e. The fourth-order valence-corrected chi connectivity index (χ4v) is 2.75. The van der Waals surface area contributed by atoms with Gasteiger partial charge >= 0.3 is 12.1 Å². The third-order valence-electron chi connectivity index (χ3n) is 2.92. The first kappa shape index (κ1) is 18.8. The van der Waals surface area contributed by atoms with E-state index in [0.717, 1.165) is 11.3 Å². The smallest absolute Gasteiger partial charge is 0.408 e. The van der Waals surface area contributed by atoms with Crippen molar-refractivity contribution >= 4 is 23.4 Å². The molecule has 1 N–H and O–H groups in total. The summed E-state index contributed by atoms with van der Waals surface area (Å²) >= 11 is 1.12. The van der Waals surface area contributed by atoms with E-state index in [4.69, 9.17) is 4.74 Å². The number of hydrogen-bond donors (Lipinski definition) is 1. The second-order valence-corrected chi connectivity index (χ2v) is 7.30. The molecular weight excluding hydrogens is 346 g/mol. The lowest BCUT2D eigenvalue weighted by molar-refractivity contribution is 0.0504. The van der Waals surface area contributed by atoms with Crippen molar-refractivity contribution in [3.63, 3.8) is 0 Å². The fraction of sp³-hybridized carbons (Fsp3) is 0.533. The Morgan fingerprint density at radius 1 is 1.36 bits per heavy atom. The summed E-state index contributed by atoms with van der Waals surface area (Å²) in [4.78, 5) is 32.4. The Labute approximate surface area is 149 Å².